The number of nitrogens with one attached hydrogen (secondary N) is 1. The van der Waals surface area contributed by atoms with Gasteiger partial charge < -0.3 is 10.1 Å². The first kappa shape index (κ1) is 17.4. The quantitative estimate of drug-likeness (QED) is 0.683. The van der Waals surface area contributed by atoms with Crippen LogP contribution in [0.4, 0.5) is 10.1 Å². The Labute approximate surface area is 150 Å². The van der Waals surface area contributed by atoms with Crippen LogP contribution in [0.5, 0.6) is 5.75 Å². The lowest BCUT2D eigenvalue weighted by atomic mass is 10.0. The number of carbonyl (C=O) groups excluding carboxylic acids is 2. The summed E-state index contributed by atoms with van der Waals surface area (Å²) in [5.41, 5.74) is 1.28. The molecule has 0 aromatic heterocycles. The van der Waals surface area contributed by atoms with Gasteiger partial charge in [0.15, 0.2) is 24.0 Å². The maximum Gasteiger partial charge on any atom is 0.262 e. The molecule has 0 spiro atoms. The van der Waals surface area contributed by atoms with Crippen molar-refractivity contribution in [1.29, 1.82) is 0 Å². The summed E-state index contributed by atoms with van der Waals surface area (Å²) >= 11 is 0. The second kappa shape index (κ2) is 8.07. The fourth-order valence-corrected chi connectivity index (χ4v) is 2.43. The van der Waals surface area contributed by atoms with E-state index in [-0.39, 0.29) is 18.1 Å². The van der Waals surface area contributed by atoms with Crippen LogP contribution < -0.4 is 10.1 Å². The number of ketones is 1. The third-order valence-electron chi connectivity index (χ3n) is 3.68. The van der Waals surface area contributed by atoms with Crippen molar-refractivity contribution in [2.45, 2.75) is 0 Å². The summed E-state index contributed by atoms with van der Waals surface area (Å²) in [7, 11) is 0. The van der Waals surface area contributed by atoms with Crippen LogP contribution in [-0.4, -0.2) is 18.3 Å². The lowest BCUT2D eigenvalue weighted by molar-refractivity contribution is -0.118. The lowest BCUT2D eigenvalue weighted by Gasteiger charge is -2.11. The maximum atomic E-state index is 13.5. The fraction of sp³-hybridized carbons (Fsp3) is 0.0476. The monoisotopic (exact) mass is 349 g/mol. The zero-order valence-electron chi connectivity index (χ0n) is 13.8. The van der Waals surface area contributed by atoms with Crippen LogP contribution in [0.3, 0.4) is 0 Å². The molecule has 0 fully saturated rings. The van der Waals surface area contributed by atoms with Crippen LogP contribution >= 0.6 is 0 Å². The van der Waals surface area contributed by atoms with Crippen LogP contribution in [-0.2, 0) is 4.79 Å². The zero-order chi connectivity index (χ0) is 18.4. The molecule has 0 heterocycles. The number of benzene rings is 3. The normalized spacial score (nSPS) is 10.2. The van der Waals surface area contributed by atoms with Crippen molar-refractivity contribution in [2.24, 2.45) is 0 Å². The molecule has 0 aliphatic carbocycles. The largest absolute Gasteiger partial charge is 0.481 e. The SMILES string of the molecule is O=C(COc1ccccc1F)Nc1ccccc1C(=O)c1ccccc1. The van der Waals surface area contributed by atoms with Crippen molar-refractivity contribution in [3.63, 3.8) is 0 Å². The molecule has 0 saturated heterocycles. The van der Waals surface area contributed by atoms with Gasteiger partial charge in [-0.2, -0.15) is 0 Å². The average molecular weight is 349 g/mol. The fourth-order valence-electron chi connectivity index (χ4n) is 2.43. The first-order chi connectivity index (χ1) is 12.6. The summed E-state index contributed by atoms with van der Waals surface area (Å²) in [5.74, 6) is -1.23. The third kappa shape index (κ3) is 4.13. The summed E-state index contributed by atoms with van der Waals surface area (Å²) in [4.78, 5) is 24.8. The Kier molecular flexibility index (Phi) is 5.39. The summed E-state index contributed by atoms with van der Waals surface area (Å²) in [5, 5.41) is 2.64. The number of hydrogen-bond acceptors (Lipinski definition) is 3. The number of anilines is 1. The minimum absolute atomic E-state index is 0.00343. The van der Waals surface area contributed by atoms with Gasteiger partial charge in [0.2, 0.25) is 0 Å². The number of amides is 1. The predicted octanol–water partition coefficient (Wildman–Crippen LogP) is 4.07. The number of hydrogen-bond donors (Lipinski definition) is 1. The number of para-hydroxylation sites is 2. The Morgan fingerprint density at radius 3 is 2.27 bits per heavy atom. The number of rotatable bonds is 6. The summed E-state index contributed by atoms with van der Waals surface area (Å²) < 4.78 is 18.7. The molecule has 3 aromatic rings. The topological polar surface area (TPSA) is 55.4 Å². The van der Waals surface area contributed by atoms with Crippen molar-refractivity contribution in [2.75, 3.05) is 11.9 Å². The van der Waals surface area contributed by atoms with Gasteiger partial charge in [-0.1, -0.05) is 54.6 Å². The van der Waals surface area contributed by atoms with E-state index in [1.54, 1.807) is 54.6 Å². The molecule has 3 rings (SSSR count). The molecule has 1 amide bonds. The van der Waals surface area contributed by atoms with Crippen molar-refractivity contribution in [3.05, 3.63) is 95.8 Å². The second-order valence-electron chi connectivity index (χ2n) is 5.51. The van der Waals surface area contributed by atoms with E-state index in [1.165, 1.54) is 18.2 Å². The number of halogens is 1. The van der Waals surface area contributed by atoms with E-state index in [0.29, 0.717) is 16.8 Å². The van der Waals surface area contributed by atoms with Crippen molar-refractivity contribution in [1.82, 2.24) is 0 Å². The highest BCUT2D eigenvalue weighted by Crippen LogP contribution is 2.20. The highest BCUT2D eigenvalue weighted by Gasteiger charge is 2.15. The molecule has 0 aliphatic rings. The van der Waals surface area contributed by atoms with Crippen molar-refractivity contribution in [3.8, 4) is 5.75 Å². The number of ether oxygens (including phenoxy) is 1. The molecule has 4 nitrogen and oxygen atoms in total. The Hall–Kier alpha value is -3.47. The average Bonchev–Trinajstić information content (AvgIpc) is 2.68. The lowest BCUT2D eigenvalue weighted by Crippen LogP contribution is -2.22. The van der Waals surface area contributed by atoms with E-state index < -0.39 is 11.7 Å². The first-order valence-corrected chi connectivity index (χ1v) is 8.01. The summed E-state index contributed by atoms with van der Waals surface area (Å²) in [6, 6.07) is 21.4. The molecule has 0 unspecified atom stereocenters. The maximum absolute atomic E-state index is 13.5. The van der Waals surface area contributed by atoms with E-state index in [9.17, 15) is 14.0 Å². The minimum atomic E-state index is -0.542. The molecule has 0 bridgehead atoms. The van der Waals surface area contributed by atoms with Crippen LogP contribution in [0.1, 0.15) is 15.9 Å². The van der Waals surface area contributed by atoms with E-state index in [1.807, 2.05) is 6.07 Å². The smallest absolute Gasteiger partial charge is 0.262 e. The first-order valence-electron chi connectivity index (χ1n) is 8.01. The summed E-state index contributed by atoms with van der Waals surface area (Å²) in [6.45, 7) is -0.366. The van der Waals surface area contributed by atoms with Gasteiger partial charge in [0.1, 0.15) is 0 Å². The van der Waals surface area contributed by atoms with Gasteiger partial charge in [-0.05, 0) is 24.3 Å². The van der Waals surface area contributed by atoms with Crippen LogP contribution in [0.25, 0.3) is 0 Å². The molecule has 3 aromatic carbocycles. The van der Waals surface area contributed by atoms with Crippen LogP contribution in [0.2, 0.25) is 0 Å². The van der Waals surface area contributed by atoms with Gasteiger partial charge in [0.25, 0.3) is 5.91 Å². The third-order valence-corrected chi connectivity index (χ3v) is 3.68. The predicted molar refractivity (Wildman–Crippen MR) is 96.8 cm³/mol. The van der Waals surface area contributed by atoms with Gasteiger partial charge >= 0.3 is 0 Å². The Bertz CT molecular complexity index is 925. The van der Waals surface area contributed by atoms with E-state index >= 15 is 0 Å². The molecule has 0 aliphatic heterocycles. The molecule has 26 heavy (non-hydrogen) atoms. The van der Waals surface area contributed by atoms with Gasteiger partial charge in [-0.3, -0.25) is 9.59 Å². The van der Waals surface area contributed by atoms with Crippen molar-refractivity contribution >= 4 is 17.4 Å². The number of carbonyl (C=O) groups is 2. The molecule has 130 valence electrons. The standard InChI is InChI=1S/C21H16FNO3/c22-17-11-5-7-13-19(17)26-14-20(24)23-18-12-6-4-10-16(18)21(25)15-8-2-1-3-9-15/h1-13H,14H2,(H,23,24). The van der Waals surface area contributed by atoms with Gasteiger partial charge in [-0.25, -0.2) is 4.39 Å². The van der Waals surface area contributed by atoms with E-state index in [2.05, 4.69) is 5.32 Å². The van der Waals surface area contributed by atoms with E-state index in [4.69, 9.17) is 4.74 Å². The van der Waals surface area contributed by atoms with E-state index in [0.717, 1.165) is 0 Å². The molecule has 0 atom stereocenters. The van der Waals surface area contributed by atoms with Gasteiger partial charge in [-0.15, -0.1) is 0 Å². The van der Waals surface area contributed by atoms with Crippen LogP contribution in [0.15, 0.2) is 78.9 Å². The molecule has 1 N–H and O–H groups in total. The highest BCUT2D eigenvalue weighted by molar-refractivity contribution is 6.13. The molecular formula is C21H16FNO3. The van der Waals surface area contributed by atoms with Gasteiger partial charge in [0, 0.05) is 11.1 Å². The molecule has 0 saturated carbocycles. The van der Waals surface area contributed by atoms with Crippen LogP contribution in [0, 0.1) is 5.82 Å². The molecule has 0 radical (unpaired) electrons. The Morgan fingerprint density at radius 1 is 0.846 bits per heavy atom. The Morgan fingerprint density at radius 2 is 1.50 bits per heavy atom. The van der Waals surface area contributed by atoms with Crippen molar-refractivity contribution < 1.29 is 18.7 Å². The molecule has 5 heteroatoms. The second-order valence-corrected chi connectivity index (χ2v) is 5.51. The minimum Gasteiger partial charge on any atom is -0.481 e. The molecular weight excluding hydrogens is 333 g/mol. The Balaban J connectivity index is 1.71. The summed E-state index contributed by atoms with van der Waals surface area (Å²) in [6.07, 6.45) is 0. The van der Waals surface area contributed by atoms with Gasteiger partial charge in [0.05, 0.1) is 5.69 Å². The highest BCUT2D eigenvalue weighted by atomic mass is 19.1. The zero-order valence-corrected chi connectivity index (χ0v) is 13.8.